The van der Waals surface area contributed by atoms with E-state index in [0.29, 0.717) is 6.04 Å². The highest BCUT2D eigenvalue weighted by molar-refractivity contribution is 5.92. The van der Waals surface area contributed by atoms with Crippen LogP contribution in [0.1, 0.15) is 24.4 Å². The van der Waals surface area contributed by atoms with Crippen LogP contribution in [-0.2, 0) is 4.74 Å². The molecule has 0 unspecified atom stereocenters. The molecule has 5 rings (SSSR count). The van der Waals surface area contributed by atoms with Gasteiger partial charge in [-0.15, -0.1) is 0 Å². The molecule has 1 aliphatic rings. The van der Waals surface area contributed by atoms with Crippen molar-refractivity contribution in [1.29, 1.82) is 0 Å². The lowest BCUT2D eigenvalue weighted by molar-refractivity contribution is 0.0596. The zero-order valence-electron chi connectivity index (χ0n) is 15.5. The van der Waals surface area contributed by atoms with E-state index in [-0.39, 0.29) is 0 Å². The van der Waals surface area contributed by atoms with Gasteiger partial charge in [-0.3, -0.25) is 0 Å². The first-order chi connectivity index (χ1) is 13.3. The van der Waals surface area contributed by atoms with Gasteiger partial charge in [0, 0.05) is 23.1 Å². The van der Waals surface area contributed by atoms with Crippen LogP contribution in [0.3, 0.4) is 0 Å². The first-order valence-corrected chi connectivity index (χ1v) is 9.60. The van der Waals surface area contributed by atoms with E-state index in [0.717, 1.165) is 54.2 Å². The summed E-state index contributed by atoms with van der Waals surface area (Å²) in [7, 11) is 0. The monoisotopic (exact) mass is 357 g/mol. The highest BCUT2D eigenvalue weighted by atomic mass is 16.5. The summed E-state index contributed by atoms with van der Waals surface area (Å²) in [6, 6.07) is 19.3. The predicted octanol–water partition coefficient (Wildman–Crippen LogP) is 5.36. The minimum absolute atomic E-state index is 0.324. The molecule has 4 nitrogen and oxygen atoms in total. The van der Waals surface area contributed by atoms with Gasteiger partial charge in [-0.05, 0) is 31.4 Å². The number of fused-ring (bicyclic) bond motifs is 1. The third-order valence-corrected chi connectivity index (χ3v) is 5.57. The van der Waals surface area contributed by atoms with E-state index in [1.807, 2.05) is 12.4 Å². The Hall–Kier alpha value is -2.85. The average molecular weight is 357 g/mol. The molecule has 3 heterocycles. The second kappa shape index (κ2) is 6.71. The molecular formula is C23H23N3O. The van der Waals surface area contributed by atoms with Crippen LogP contribution < -0.4 is 0 Å². The topological polar surface area (TPSA) is 42.8 Å². The summed E-state index contributed by atoms with van der Waals surface area (Å²) in [5, 5.41) is 1.26. The molecule has 27 heavy (non-hydrogen) atoms. The van der Waals surface area contributed by atoms with Crippen LogP contribution in [0.2, 0.25) is 0 Å². The van der Waals surface area contributed by atoms with Crippen molar-refractivity contribution in [2.45, 2.75) is 25.8 Å². The Bertz CT molecular complexity index is 1070. The number of aromatic nitrogens is 3. The smallest absolute Gasteiger partial charge is 0.0978 e. The first-order valence-electron chi connectivity index (χ1n) is 9.60. The molecule has 1 atom stereocenters. The van der Waals surface area contributed by atoms with E-state index in [2.05, 4.69) is 65.0 Å². The predicted molar refractivity (Wildman–Crippen MR) is 109 cm³/mol. The number of aryl methyl sites for hydroxylation is 1. The van der Waals surface area contributed by atoms with E-state index in [1.165, 1.54) is 10.9 Å². The number of aromatic amines is 1. The lowest BCUT2D eigenvalue weighted by atomic mass is 10.0. The number of H-pyrrole nitrogens is 1. The van der Waals surface area contributed by atoms with Crippen LogP contribution in [-0.4, -0.2) is 27.7 Å². The molecular weight excluding hydrogens is 334 g/mol. The molecule has 0 radical (unpaired) electrons. The lowest BCUT2D eigenvalue weighted by Crippen LogP contribution is -2.21. The zero-order valence-corrected chi connectivity index (χ0v) is 15.5. The van der Waals surface area contributed by atoms with Gasteiger partial charge in [-0.1, -0.05) is 48.5 Å². The number of benzene rings is 2. The largest absolute Gasteiger partial charge is 0.379 e. The summed E-state index contributed by atoms with van der Waals surface area (Å²) in [4.78, 5) is 8.49. The summed E-state index contributed by atoms with van der Waals surface area (Å²) in [6.07, 6.45) is 4.20. The van der Waals surface area contributed by atoms with Gasteiger partial charge in [-0.2, -0.15) is 0 Å². The number of hydrogen-bond acceptors (Lipinski definition) is 2. The fourth-order valence-electron chi connectivity index (χ4n) is 4.15. The van der Waals surface area contributed by atoms with Crippen LogP contribution in [0.25, 0.3) is 33.5 Å². The molecule has 1 aliphatic heterocycles. The fourth-order valence-corrected chi connectivity index (χ4v) is 4.15. The van der Waals surface area contributed by atoms with Gasteiger partial charge in [0.05, 0.1) is 36.1 Å². The van der Waals surface area contributed by atoms with E-state index in [1.54, 1.807) is 0 Å². The number of rotatable bonds is 3. The average Bonchev–Trinajstić information content (AvgIpc) is 3.31. The molecule has 4 heteroatoms. The van der Waals surface area contributed by atoms with Gasteiger partial charge in [-0.25, -0.2) is 4.98 Å². The standard InChI is InChI=1S/C23H23N3O/c1-16-19-11-5-6-12-20(19)25-21(16)23-22(17-8-3-2-4-9-17)24-15-26(23)18-10-7-13-27-14-18/h2-6,8-9,11-12,15,18,25H,7,10,13-14H2,1H3/t18-/m1/s1. The Kier molecular flexibility index (Phi) is 4.06. The molecule has 0 bridgehead atoms. The van der Waals surface area contributed by atoms with Crippen molar-refractivity contribution in [1.82, 2.24) is 14.5 Å². The maximum absolute atomic E-state index is 5.77. The number of para-hydroxylation sites is 1. The van der Waals surface area contributed by atoms with Crippen molar-refractivity contribution in [3.63, 3.8) is 0 Å². The normalized spacial score (nSPS) is 17.4. The zero-order chi connectivity index (χ0) is 18.2. The molecule has 0 spiro atoms. The number of nitrogens with zero attached hydrogens (tertiary/aromatic N) is 2. The van der Waals surface area contributed by atoms with Crippen LogP contribution in [0.4, 0.5) is 0 Å². The quantitative estimate of drug-likeness (QED) is 0.536. The van der Waals surface area contributed by atoms with Crippen molar-refractivity contribution in [2.75, 3.05) is 13.2 Å². The van der Waals surface area contributed by atoms with E-state index in [4.69, 9.17) is 9.72 Å². The van der Waals surface area contributed by atoms with Crippen molar-refractivity contribution in [3.05, 3.63) is 66.5 Å². The Morgan fingerprint density at radius 3 is 2.67 bits per heavy atom. The molecule has 1 N–H and O–H groups in total. The highest BCUT2D eigenvalue weighted by Gasteiger charge is 2.25. The van der Waals surface area contributed by atoms with Crippen LogP contribution in [0.5, 0.6) is 0 Å². The summed E-state index contributed by atoms with van der Waals surface area (Å²) in [5.74, 6) is 0. The summed E-state index contributed by atoms with van der Waals surface area (Å²) >= 11 is 0. The lowest BCUT2D eigenvalue weighted by Gasteiger charge is -2.25. The number of ether oxygens (including phenoxy) is 1. The van der Waals surface area contributed by atoms with Gasteiger partial charge in [0.15, 0.2) is 0 Å². The Balaban J connectivity index is 1.74. The van der Waals surface area contributed by atoms with E-state index < -0.39 is 0 Å². The van der Waals surface area contributed by atoms with Crippen molar-refractivity contribution < 1.29 is 4.74 Å². The number of hydrogen-bond donors (Lipinski definition) is 1. The van der Waals surface area contributed by atoms with Crippen molar-refractivity contribution in [2.24, 2.45) is 0 Å². The van der Waals surface area contributed by atoms with Gasteiger partial charge in [0.2, 0.25) is 0 Å². The van der Waals surface area contributed by atoms with Crippen LogP contribution >= 0.6 is 0 Å². The summed E-state index contributed by atoms with van der Waals surface area (Å²) in [5.41, 5.74) is 6.90. The molecule has 0 amide bonds. The second-order valence-corrected chi connectivity index (χ2v) is 7.26. The highest BCUT2D eigenvalue weighted by Crippen LogP contribution is 2.38. The van der Waals surface area contributed by atoms with E-state index in [9.17, 15) is 0 Å². The molecule has 2 aromatic heterocycles. The molecule has 0 saturated carbocycles. The second-order valence-electron chi connectivity index (χ2n) is 7.26. The molecule has 4 aromatic rings. The summed E-state index contributed by atoms with van der Waals surface area (Å²) < 4.78 is 8.09. The van der Waals surface area contributed by atoms with Gasteiger partial charge in [0.25, 0.3) is 0 Å². The maximum Gasteiger partial charge on any atom is 0.0978 e. The van der Waals surface area contributed by atoms with Gasteiger partial charge in [0.1, 0.15) is 0 Å². The maximum atomic E-state index is 5.77. The first kappa shape index (κ1) is 16.3. The third kappa shape index (κ3) is 2.77. The van der Waals surface area contributed by atoms with Crippen molar-refractivity contribution in [3.8, 4) is 22.6 Å². The van der Waals surface area contributed by atoms with Gasteiger partial charge < -0.3 is 14.3 Å². The van der Waals surface area contributed by atoms with Gasteiger partial charge >= 0.3 is 0 Å². The fraction of sp³-hybridized carbons (Fsp3) is 0.261. The molecule has 1 saturated heterocycles. The molecule has 0 aliphatic carbocycles. The minimum Gasteiger partial charge on any atom is -0.379 e. The Morgan fingerprint density at radius 2 is 1.89 bits per heavy atom. The molecule has 136 valence electrons. The van der Waals surface area contributed by atoms with Crippen LogP contribution in [0, 0.1) is 6.92 Å². The molecule has 2 aromatic carbocycles. The minimum atomic E-state index is 0.324. The summed E-state index contributed by atoms with van der Waals surface area (Å²) in [6.45, 7) is 3.80. The number of nitrogens with one attached hydrogen (secondary N) is 1. The van der Waals surface area contributed by atoms with Crippen LogP contribution in [0.15, 0.2) is 60.9 Å². The van der Waals surface area contributed by atoms with Crippen molar-refractivity contribution >= 4 is 10.9 Å². The number of imidazole rings is 1. The SMILES string of the molecule is Cc1c(-c2c(-c3ccccc3)ncn2[C@@H]2CCCOC2)[nH]c2ccccc12. The van der Waals surface area contributed by atoms with E-state index >= 15 is 0 Å². The third-order valence-electron chi connectivity index (χ3n) is 5.57. The Morgan fingerprint density at radius 1 is 1.07 bits per heavy atom. The molecule has 1 fully saturated rings. The Labute approximate surface area is 158 Å².